The van der Waals surface area contributed by atoms with E-state index in [-0.39, 0.29) is 5.69 Å². The minimum atomic E-state index is -0.421. The van der Waals surface area contributed by atoms with Crippen LogP contribution in [0.3, 0.4) is 0 Å². The summed E-state index contributed by atoms with van der Waals surface area (Å²) in [5.41, 5.74) is 8.01. The van der Waals surface area contributed by atoms with Crippen molar-refractivity contribution in [3.63, 3.8) is 0 Å². The minimum Gasteiger partial charge on any atom is -0.325 e. The maximum absolute atomic E-state index is 10.8. The van der Waals surface area contributed by atoms with Gasteiger partial charge in [0.05, 0.1) is 22.0 Å². The summed E-state index contributed by atoms with van der Waals surface area (Å²) in [7, 11) is 0. The van der Waals surface area contributed by atoms with Gasteiger partial charge in [-0.15, -0.1) is 5.10 Å². The van der Waals surface area contributed by atoms with Gasteiger partial charge in [-0.1, -0.05) is 24.6 Å². The molecule has 20 heavy (non-hydrogen) atoms. The zero-order chi connectivity index (χ0) is 14.5. The number of rotatable bonds is 6. The van der Waals surface area contributed by atoms with Crippen LogP contribution >= 0.6 is 0 Å². The smallest absolute Gasteiger partial charge is 0.271 e. The average Bonchev–Trinajstić information content (AvgIpc) is 2.88. The van der Waals surface area contributed by atoms with Gasteiger partial charge in [-0.2, -0.15) is 0 Å². The van der Waals surface area contributed by atoms with Crippen LogP contribution in [-0.4, -0.2) is 19.9 Å². The fraction of sp³-hybridized carbons (Fsp3) is 0.385. The minimum absolute atomic E-state index is 0.0359. The number of non-ortho nitro benzene ring substituents is 1. The molecule has 106 valence electrons. The van der Waals surface area contributed by atoms with E-state index in [1.165, 1.54) is 12.1 Å². The summed E-state index contributed by atoms with van der Waals surface area (Å²) in [6.45, 7) is 2.41. The summed E-state index contributed by atoms with van der Waals surface area (Å²) in [6.07, 6.45) is 2.85. The van der Waals surface area contributed by atoms with Gasteiger partial charge in [-0.05, 0) is 18.9 Å². The lowest BCUT2D eigenvalue weighted by molar-refractivity contribution is -0.384. The van der Waals surface area contributed by atoms with Crippen molar-refractivity contribution in [3.05, 3.63) is 45.8 Å². The van der Waals surface area contributed by atoms with Crippen LogP contribution < -0.4 is 5.73 Å². The molecule has 2 N–H and O–H groups in total. The molecule has 0 amide bonds. The molecule has 0 spiro atoms. The number of benzene rings is 1. The Bertz CT molecular complexity index is 609. The van der Waals surface area contributed by atoms with E-state index in [0.29, 0.717) is 12.2 Å². The molecule has 1 aromatic heterocycles. The molecule has 2 aromatic rings. The number of unbranched alkanes of at least 4 members (excludes halogenated alkanes) is 1. The van der Waals surface area contributed by atoms with Crippen LogP contribution in [0.5, 0.6) is 0 Å². The number of hydrogen-bond acceptors (Lipinski definition) is 5. The number of nitrogens with zero attached hydrogens (tertiary/aromatic N) is 4. The molecule has 1 heterocycles. The normalized spacial score (nSPS) is 10.7. The molecule has 0 aliphatic heterocycles. The third kappa shape index (κ3) is 2.83. The Kier molecular flexibility index (Phi) is 4.41. The maximum atomic E-state index is 10.8. The summed E-state index contributed by atoms with van der Waals surface area (Å²) in [4.78, 5) is 10.4. The predicted octanol–water partition coefficient (Wildman–Crippen LogP) is 1.98. The molecule has 0 bridgehead atoms. The van der Waals surface area contributed by atoms with E-state index in [0.717, 1.165) is 30.7 Å². The largest absolute Gasteiger partial charge is 0.325 e. The summed E-state index contributed by atoms with van der Waals surface area (Å²) in [5, 5.41) is 19.0. The van der Waals surface area contributed by atoms with Crippen molar-refractivity contribution in [1.82, 2.24) is 15.0 Å². The lowest BCUT2D eigenvalue weighted by atomic mass is 10.1. The monoisotopic (exact) mass is 275 g/mol. The second-order valence-electron chi connectivity index (χ2n) is 4.48. The molecule has 0 saturated heterocycles. The number of hydrogen-bond donors (Lipinski definition) is 1. The highest BCUT2D eigenvalue weighted by atomic mass is 16.6. The Morgan fingerprint density at radius 2 is 2.25 bits per heavy atom. The molecule has 0 atom stereocenters. The van der Waals surface area contributed by atoms with E-state index in [4.69, 9.17) is 5.73 Å². The van der Waals surface area contributed by atoms with Gasteiger partial charge in [0.1, 0.15) is 0 Å². The highest BCUT2D eigenvalue weighted by Gasteiger charge is 2.14. The van der Waals surface area contributed by atoms with Crippen LogP contribution in [0.15, 0.2) is 24.3 Å². The zero-order valence-electron chi connectivity index (χ0n) is 11.3. The number of nitro benzene ring substituents is 1. The zero-order valence-corrected chi connectivity index (χ0v) is 11.3. The molecule has 0 fully saturated rings. The molecule has 1 aromatic carbocycles. The van der Waals surface area contributed by atoms with Crippen molar-refractivity contribution in [2.24, 2.45) is 5.73 Å². The van der Waals surface area contributed by atoms with E-state index in [1.807, 2.05) is 0 Å². The van der Waals surface area contributed by atoms with Gasteiger partial charge >= 0.3 is 0 Å². The van der Waals surface area contributed by atoms with Crippen LogP contribution in [-0.2, 0) is 13.0 Å². The van der Waals surface area contributed by atoms with Crippen LogP contribution in [0, 0.1) is 10.1 Å². The molecule has 0 radical (unpaired) electrons. The second kappa shape index (κ2) is 6.25. The number of aromatic nitrogens is 3. The quantitative estimate of drug-likeness (QED) is 0.641. The van der Waals surface area contributed by atoms with Gasteiger partial charge in [-0.3, -0.25) is 10.1 Å². The highest BCUT2D eigenvalue weighted by Crippen LogP contribution is 2.19. The van der Waals surface area contributed by atoms with Crippen molar-refractivity contribution in [3.8, 4) is 5.69 Å². The fourth-order valence-electron chi connectivity index (χ4n) is 2.03. The Labute approximate surface area is 116 Å². The first-order valence-electron chi connectivity index (χ1n) is 6.55. The van der Waals surface area contributed by atoms with Crippen LogP contribution in [0.2, 0.25) is 0 Å². The van der Waals surface area contributed by atoms with Gasteiger partial charge in [0, 0.05) is 18.7 Å². The standard InChI is InChI=1S/C13H17N5O2/c1-2-3-7-13-12(9-14)15-16-17(13)10-5-4-6-11(8-10)18(19)20/h4-6,8H,2-3,7,9,14H2,1H3. The Hall–Kier alpha value is -2.28. The van der Waals surface area contributed by atoms with E-state index in [2.05, 4.69) is 17.2 Å². The second-order valence-corrected chi connectivity index (χ2v) is 4.48. The molecular weight excluding hydrogens is 258 g/mol. The van der Waals surface area contributed by atoms with Crippen molar-refractivity contribution < 1.29 is 4.92 Å². The van der Waals surface area contributed by atoms with Crippen LogP contribution in [0.1, 0.15) is 31.2 Å². The van der Waals surface area contributed by atoms with Gasteiger partial charge < -0.3 is 5.73 Å². The van der Waals surface area contributed by atoms with Crippen molar-refractivity contribution in [2.75, 3.05) is 0 Å². The third-order valence-electron chi connectivity index (χ3n) is 3.09. The van der Waals surface area contributed by atoms with E-state index in [1.54, 1.807) is 16.8 Å². The van der Waals surface area contributed by atoms with Gasteiger partial charge in [0.15, 0.2) is 0 Å². The first-order chi connectivity index (χ1) is 9.67. The summed E-state index contributed by atoms with van der Waals surface area (Å²) in [5.74, 6) is 0. The molecule has 2 rings (SSSR count). The predicted molar refractivity (Wildman–Crippen MR) is 74.5 cm³/mol. The number of nitro groups is 1. The molecule has 7 nitrogen and oxygen atoms in total. The molecule has 0 saturated carbocycles. The van der Waals surface area contributed by atoms with E-state index >= 15 is 0 Å². The van der Waals surface area contributed by atoms with Crippen molar-refractivity contribution >= 4 is 5.69 Å². The molecule has 0 aliphatic carbocycles. The van der Waals surface area contributed by atoms with Gasteiger partial charge in [0.25, 0.3) is 5.69 Å². The first kappa shape index (κ1) is 14.1. The Morgan fingerprint density at radius 3 is 2.90 bits per heavy atom. The average molecular weight is 275 g/mol. The molecule has 0 aliphatic rings. The summed E-state index contributed by atoms with van der Waals surface area (Å²) < 4.78 is 1.64. The third-order valence-corrected chi connectivity index (χ3v) is 3.09. The summed E-state index contributed by atoms with van der Waals surface area (Å²) >= 11 is 0. The fourth-order valence-corrected chi connectivity index (χ4v) is 2.03. The topological polar surface area (TPSA) is 99.9 Å². The SMILES string of the molecule is CCCCc1c(CN)nnn1-c1cccc([N+](=O)[O-])c1. The van der Waals surface area contributed by atoms with Gasteiger partial charge in [0.2, 0.25) is 0 Å². The number of nitrogens with two attached hydrogens (primary N) is 1. The summed E-state index contributed by atoms with van der Waals surface area (Å²) in [6, 6.07) is 6.36. The van der Waals surface area contributed by atoms with E-state index < -0.39 is 4.92 Å². The highest BCUT2D eigenvalue weighted by molar-refractivity contribution is 5.43. The van der Waals surface area contributed by atoms with Crippen molar-refractivity contribution in [1.29, 1.82) is 0 Å². The lowest BCUT2D eigenvalue weighted by Gasteiger charge is -2.07. The maximum Gasteiger partial charge on any atom is 0.271 e. The lowest BCUT2D eigenvalue weighted by Crippen LogP contribution is -2.06. The van der Waals surface area contributed by atoms with Crippen molar-refractivity contribution in [2.45, 2.75) is 32.7 Å². The van der Waals surface area contributed by atoms with E-state index in [9.17, 15) is 10.1 Å². The van der Waals surface area contributed by atoms with Crippen LogP contribution in [0.25, 0.3) is 5.69 Å². The molecular formula is C13H17N5O2. The molecule has 7 heteroatoms. The first-order valence-corrected chi connectivity index (χ1v) is 6.55. The Balaban J connectivity index is 2.43. The van der Waals surface area contributed by atoms with Gasteiger partial charge in [-0.25, -0.2) is 4.68 Å². The van der Waals surface area contributed by atoms with Crippen LogP contribution in [0.4, 0.5) is 5.69 Å². The molecule has 0 unspecified atom stereocenters. The Morgan fingerprint density at radius 1 is 1.45 bits per heavy atom.